The first kappa shape index (κ1) is 17.0. The average molecular weight is 299 g/mol. The molecule has 0 aliphatic rings. The van der Waals surface area contributed by atoms with Gasteiger partial charge in [-0.1, -0.05) is 0 Å². The molecule has 1 rings (SSSR count). The smallest absolute Gasteiger partial charge is 0.407 e. The number of H-pyrrole nitrogens is 1. The number of amides is 1. The Hall–Kier alpha value is -2.06. The Bertz CT molecular complexity index is 549. The van der Waals surface area contributed by atoms with E-state index in [-0.39, 0.29) is 17.8 Å². The Morgan fingerprint density at radius 2 is 2.10 bits per heavy atom. The Labute approximate surface area is 121 Å². The van der Waals surface area contributed by atoms with Gasteiger partial charge in [0.05, 0.1) is 5.69 Å². The van der Waals surface area contributed by atoms with Crippen LogP contribution in [0.2, 0.25) is 0 Å². The summed E-state index contributed by atoms with van der Waals surface area (Å²) in [6.45, 7) is 4.91. The highest BCUT2D eigenvalue weighted by Gasteiger charge is 2.22. The number of rotatable bonds is 4. The number of nitrogens with one attached hydrogen (secondary N) is 2. The summed E-state index contributed by atoms with van der Waals surface area (Å²) in [4.78, 5) is 24.9. The molecule has 1 aromatic rings. The SMILES string of the molecule is CC(C)(C)OC(=O)NCC(O)C(O)c1c[nH]c(=O)c(N)c1. The van der Waals surface area contributed by atoms with Crippen molar-refractivity contribution in [2.45, 2.75) is 38.6 Å². The van der Waals surface area contributed by atoms with Crippen LogP contribution < -0.4 is 16.6 Å². The molecule has 2 atom stereocenters. The molecule has 0 spiro atoms. The number of pyridine rings is 1. The summed E-state index contributed by atoms with van der Waals surface area (Å²) in [5.41, 5.74) is 4.46. The third-order valence-corrected chi connectivity index (χ3v) is 2.51. The second-order valence-corrected chi connectivity index (χ2v) is 5.61. The van der Waals surface area contributed by atoms with Crippen LogP contribution >= 0.6 is 0 Å². The molecule has 1 amide bonds. The molecule has 1 heterocycles. The maximum absolute atomic E-state index is 11.4. The van der Waals surface area contributed by atoms with Crippen LogP contribution in [0.3, 0.4) is 0 Å². The standard InChI is InChI=1S/C13H21N3O5/c1-13(2,3)21-12(20)16-6-9(17)10(18)7-4-8(14)11(19)15-5-7/h4-5,9-10,17-18H,6,14H2,1-3H3,(H,15,19)(H,16,20). The summed E-state index contributed by atoms with van der Waals surface area (Å²) in [6, 6.07) is 1.26. The minimum Gasteiger partial charge on any atom is -0.444 e. The summed E-state index contributed by atoms with van der Waals surface area (Å²) >= 11 is 0. The lowest BCUT2D eigenvalue weighted by molar-refractivity contribution is 0.0128. The first-order valence-corrected chi connectivity index (χ1v) is 6.41. The molecular formula is C13H21N3O5. The van der Waals surface area contributed by atoms with Crippen LogP contribution in [0.15, 0.2) is 17.1 Å². The van der Waals surface area contributed by atoms with Gasteiger partial charge >= 0.3 is 6.09 Å². The van der Waals surface area contributed by atoms with Crippen molar-refractivity contribution in [2.24, 2.45) is 0 Å². The van der Waals surface area contributed by atoms with E-state index in [4.69, 9.17) is 10.5 Å². The zero-order valence-electron chi connectivity index (χ0n) is 12.2. The van der Waals surface area contributed by atoms with Crippen molar-refractivity contribution >= 4 is 11.8 Å². The van der Waals surface area contributed by atoms with Gasteiger partial charge in [-0.25, -0.2) is 4.79 Å². The largest absolute Gasteiger partial charge is 0.444 e. The fourth-order valence-corrected chi connectivity index (χ4v) is 1.53. The molecule has 0 radical (unpaired) electrons. The van der Waals surface area contributed by atoms with Crippen molar-refractivity contribution in [1.29, 1.82) is 0 Å². The third kappa shape index (κ3) is 5.44. The zero-order valence-corrected chi connectivity index (χ0v) is 12.2. The average Bonchev–Trinajstić information content (AvgIpc) is 2.36. The Morgan fingerprint density at radius 3 is 2.62 bits per heavy atom. The number of anilines is 1. The van der Waals surface area contributed by atoms with Crippen LogP contribution in [0, 0.1) is 0 Å². The van der Waals surface area contributed by atoms with Gasteiger partial charge in [0.2, 0.25) is 0 Å². The highest BCUT2D eigenvalue weighted by atomic mass is 16.6. The molecule has 8 nitrogen and oxygen atoms in total. The summed E-state index contributed by atoms with van der Waals surface area (Å²) in [7, 11) is 0. The second-order valence-electron chi connectivity index (χ2n) is 5.61. The monoisotopic (exact) mass is 299 g/mol. The van der Waals surface area contributed by atoms with E-state index in [0.29, 0.717) is 0 Å². The van der Waals surface area contributed by atoms with Crippen LogP contribution in [0.4, 0.5) is 10.5 Å². The van der Waals surface area contributed by atoms with Gasteiger partial charge in [-0.3, -0.25) is 4.79 Å². The van der Waals surface area contributed by atoms with Crippen molar-refractivity contribution < 1.29 is 19.7 Å². The zero-order chi connectivity index (χ0) is 16.2. The van der Waals surface area contributed by atoms with Crippen molar-refractivity contribution in [2.75, 3.05) is 12.3 Å². The van der Waals surface area contributed by atoms with Crippen LogP contribution in [0.5, 0.6) is 0 Å². The molecule has 2 unspecified atom stereocenters. The summed E-state index contributed by atoms with van der Waals surface area (Å²) in [6.07, 6.45) is -2.03. The lowest BCUT2D eigenvalue weighted by atomic mass is 10.1. The highest BCUT2D eigenvalue weighted by molar-refractivity contribution is 5.67. The number of nitrogen functional groups attached to an aromatic ring is 1. The summed E-state index contributed by atoms with van der Waals surface area (Å²) in [5, 5.41) is 22.1. The number of aromatic amines is 1. The number of ether oxygens (including phenoxy) is 1. The molecular weight excluding hydrogens is 278 g/mol. The maximum Gasteiger partial charge on any atom is 0.407 e. The van der Waals surface area contributed by atoms with Gasteiger partial charge in [0, 0.05) is 18.3 Å². The number of aliphatic hydroxyl groups is 2. The normalized spacial score (nSPS) is 14.3. The fraction of sp³-hybridized carbons (Fsp3) is 0.538. The third-order valence-electron chi connectivity index (χ3n) is 2.51. The predicted molar refractivity (Wildman–Crippen MR) is 76.7 cm³/mol. The lowest BCUT2D eigenvalue weighted by Crippen LogP contribution is -2.39. The quantitative estimate of drug-likeness (QED) is 0.525. The number of aliphatic hydroxyl groups excluding tert-OH is 2. The first-order valence-electron chi connectivity index (χ1n) is 6.41. The van der Waals surface area contributed by atoms with E-state index in [9.17, 15) is 19.8 Å². The minimum atomic E-state index is -1.31. The van der Waals surface area contributed by atoms with Gasteiger partial charge in [-0.2, -0.15) is 0 Å². The molecule has 0 saturated carbocycles. The van der Waals surface area contributed by atoms with Gasteiger partial charge in [0.15, 0.2) is 0 Å². The second kappa shape index (κ2) is 6.59. The lowest BCUT2D eigenvalue weighted by Gasteiger charge is -2.22. The molecule has 0 aliphatic carbocycles. The number of alkyl carbamates (subject to hydrolysis) is 1. The number of hydrogen-bond donors (Lipinski definition) is 5. The molecule has 0 saturated heterocycles. The van der Waals surface area contributed by atoms with E-state index in [1.54, 1.807) is 20.8 Å². The van der Waals surface area contributed by atoms with E-state index >= 15 is 0 Å². The molecule has 21 heavy (non-hydrogen) atoms. The molecule has 6 N–H and O–H groups in total. The van der Waals surface area contributed by atoms with E-state index < -0.39 is 29.5 Å². The van der Waals surface area contributed by atoms with Crippen molar-refractivity contribution in [3.8, 4) is 0 Å². The predicted octanol–water partition coefficient (Wildman–Crippen LogP) is -0.124. The number of aromatic nitrogens is 1. The summed E-state index contributed by atoms with van der Waals surface area (Å²) < 4.78 is 5.00. The number of carbonyl (C=O) groups excluding carboxylic acids is 1. The Kier molecular flexibility index (Phi) is 5.34. The van der Waals surface area contributed by atoms with Crippen molar-refractivity contribution in [3.05, 3.63) is 28.2 Å². The van der Waals surface area contributed by atoms with Crippen LogP contribution in [-0.4, -0.2) is 39.5 Å². The van der Waals surface area contributed by atoms with Gasteiger partial charge in [0.25, 0.3) is 5.56 Å². The van der Waals surface area contributed by atoms with E-state index in [2.05, 4.69) is 10.3 Å². The van der Waals surface area contributed by atoms with Gasteiger partial charge in [-0.05, 0) is 26.8 Å². The molecule has 0 aromatic carbocycles. The van der Waals surface area contributed by atoms with Crippen LogP contribution in [0.1, 0.15) is 32.4 Å². The minimum absolute atomic E-state index is 0.0705. The first-order chi connectivity index (χ1) is 9.60. The highest BCUT2D eigenvalue weighted by Crippen LogP contribution is 2.16. The van der Waals surface area contributed by atoms with E-state index in [0.717, 1.165) is 0 Å². The van der Waals surface area contributed by atoms with Gasteiger partial charge in [0.1, 0.15) is 17.8 Å². The molecule has 118 valence electrons. The van der Waals surface area contributed by atoms with Gasteiger partial charge < -0.3 is 31.0 Å². The number of carbonyl (C=O) groups is 1. The number of hydrogen-bond acceptors (Lipinski definition) is 6. The van der Waals surface area contributed by atoms with Crippen LogP contribution in [0.25, 0.3) is 0 Å². The topological polar surface area (TPSA) is 138 Å². The molecule has 8 heteroatoms. The van der Waals surface area contributed by atoms with E-state index in [1.807, 2.05) is 0 Å². The van der Waals surface area contributed by atoms with Gasteiger partial charge in [-0.15, -0.1) is 0 Å². The number of nitrogens with two attached hydrogens (primary N) is 1. The van der Waals surface area contributed by atoms with E-state index in [1.165, 1.54) is 12.3 Å². The van der Waals surface area contributed by atoms with Crippen molar-refractivity contribution in [1.82, 2.24) is 10.3 Å². The Morgan fingerprint density at radius 1 is 1.48 bits per heavy atom. The maximum atomic E-state index is 11.4. The fourth-order valence-electron chi connectivity index (χ4n) is 1.53. The molecule has 0 bridgehead atoms. The summed E-state index contributed by atoms with van der Waals surface area (Å²) in [5.74, 6) is 0. The van der Waals surface area contributed by atoms with Crippen molar-refractivity contribution in [3.63, 3.8) is 0 Å². The molecule has 0 fully saturated rings. The Balaban J connectivity index is 2.58. The van der Waals surface area contributed by atoms with Crippen LogP contribution in [-0.2, 0) is 4.74 Å². The molecule has 1 aromatic heterocycles. The molecule has 0 aliphatic heterocycles.